The summed E-state index contributed by atoms with van der Waals surface area (Å²) in [6.45, 7) is 4.90. The van der Waals surface area contributed by atoms with Crippen LogP contribution in [0.25, 0.3) is 0 Å². The molecule has 0 bridgehead atoms. The number of aromatic nitrogens is 3. The summed E-state index contributed by atoms with van der Waals surface area (Å²) in [6, 6.07) is 0. The Labute approximate surface area is 101 Å². The van der Waals surface area contributed by atoms with E-state index in [-0.39, 0.29) is 11.8 Å². The van der Waals surface area contributed by atoms with Gasteiger partial charge in [0.25, 0.3) is 0 Å². The maximum Gasteiger partial charge on any atom is 0.307 e. The van der Waals surface area contributed by atoms with Crippen LogP contribution in [0, 0.1) is 12.8 Å². The molecule has 1 aromatic rings. The number of carbonyl (C=O) groups is 1. The summed E-state index contributed by atoms with van der Waals surface area (Å²) in [5, 5.41) is 17.5. The van der Waals surface area contributed by atoms with Crippen molar-refractivity contribution in [2.24, 2.45) is 5.92 Å². The highest BCUT2D eigenvalue weighted by Gasteiger charge is 2.37. The third-order valence-corrected chi connectivity index (χ3v) is 3.58. The van der Waals surface area contributed by atoms with Gasteiger partial charge in [-0.15, -0.1) is 10.2 Å². The Kier molecular flexibility index (Phi) is 3.45. The summed E-state index contributed by atoms with van der Waals surface area (Å²) in [7, 11) is 0. The van der Waals surface area contributed by atoms with Gasteiger partial charge >= 0.3 is 5.97 Å². The van der Waals surface area contributed by atoms with Crippen LogP contribution < -0.4 is 0 Å². The summed E-state index contributed by atoms with van der Waals surface area (Å²) in [5.74, 6) is 0.817. The molecule has 0 amide bonds. The molecule has 2 atom stereocenters. The molecule has 2 unspecified atom stereocenters. The lowest BCUT2D eigenvalue weighted by atomic mass is 9.95. The molecule has 0 aromatic carbocycles. The van der Waals surface area contributed by atoms with E-state index in [4.69, 9.17) is 0 Å². The summed E-state index contributed by atoms with van der Waals surface area (Å²) >= 11 is 0. The topological polar surface area (TPSA) is 68.0 Å². The molecule has 1 heterocycles. The number of carboxylic acids is 1. The first-order valence-electron chi connectivity index (χ1n) is 6.27. The highest BCUT2D eigenvalue weighted by Crippen LogP contribution is 2.39. The first-order valence-corrected chi connectivity index (χ1v) is 6.27. The molecule has 0 saturated heterocycles. The number of nitrogens with zero attached hydrogens (tertiary/aromatic N) is 3. The quantitative estimate of drug-likeness (QED) is 0.869. The second-order valence-electron chi connectivity index (χ2n) is 4.74. The van der Waals surface area contributed by atoms with Gasteiger partial charge in [-0.25, -0.2) is 0 Å². The minimum Gasteiger partial charge on any atom is -0.481 e. The van der Waals surface area contributed by atoms with E-state index in [9.17, 15) is 9.90 Å². The first kappa shape index (κ1) is 12.1. The Bertz CT molecular complexity index is 414. The fraction of sp³-hybridized carbons (Fsp3) is 0.750. The fourth-order valence-corrected chi connectivity index (χ4v) is 2.74. The van der Waals surface area contributed by atoms with Crippen LogP contribution in [0.15, 0.2) is 0 Å². The second-order valence-corrected chi connectivity index (χ2v) is 4.74. The molecular weight excluding hydrogens is 218 g/mol. The summed E-state index contributed by atoms with van der Waals surface area (Å²) in [5.41, 5.74) is 0. The zero-order valence-electron chi connectivity index (χ0n) is 10.4. The van der Waals surface area contributed by atoms with Crippen LogP contribution in [0.5, 0.6) is 0 Å². The minimum atomic E-state index is -0.698. The molecule has 5 nitrogen and oxygen atoms in total. The third-order valence-electron chi connectivity index (χ3n) is 3.58. The number of carboxylic acid groups (broad SMARTS) is 1. The monoisotopic (exact) mass is 237 g/mol. The maximum atomic E-state index is 11.2. The van der Waals surface area contributed by atoms with Gasteiger partial charge in [-0.3, -0.25) is 4.79 Å². The van der Waals surface area contributed by atoms with E-state index < -0.39 is 5.97 Å². The summed E-state index contributed by atoms with van der Waals surface area (Å²) in [4.78, 5) is 11.2. The van der Waals surface area contributed by atoms with E-state index in [0.717, 1.165) is 43.9 Å². The van der Waals surface area contributed by atoms with Crippen molar-refractivity contribution >= 4 is 5.97 Å². The third kappa shape index (κ3) is 2.18. The van der Waals surface area contributed by atoms with Crippen LogP contribution in [0.3, 0.4) is 0 Å². The minimum absolute atomic E-state index is 0.0419. The van der Waals surface area contributed by atoms with Gasteiger partial charge in [0.15, 0.2) is 0 Å². The number of rotatable bonds is 4. The standard InChI is InChI=1S/C12H19N3O2/c1-3-7-15-8(2)13-14-11(15)9-5-4-6-10(9)12(16)17/h9-10H,3-7H2,1-2H3,(H,16,17). The van der Waals surface area contributed by atoms with Crippen LogP contribution >= 0.6 is 0 Å². The Morgan fingerprint density at radius 2 is 2.24 bits per heavy atom. The SMILES string of the molecule is CCCn1c(C)nnc1C1CCCC1C(=O)O. The molecule has 1 fully saturated rings. The maximum absolute atomic E-state index is 11.2. The van der Waals surface area contributed by atoms with E-state index >= 15 is 0 Å². The molecule has 0 aliphatic heterocycles. The van der Waals surface area contributed by atoms with E-state index in [1.54, 1.807) is 0 Å². The van der Waals surface area contributed by atoms with E-state index in [0.29, 0.717) is 0 Å². The molecule has 0 radical (unpaired) electrons. The number of aryl methyl sites for hydroxylation is 1. The van der Waals surface area contributed by atoms with Crippen molar-refractivity contribution in [3.8, 4) is 0 Å². The Morgan fingerprint density at radius 1 is 1.47 bits per heavy atom. The molecule has 5 heteroatoms. The summed E-state index contributed by atoms with van der Waals surface area (Å²) in [6.07, 6.45) is 3.66. The van der Waals surface area contributed by atoms with E-state index in [2.05, 4.69) is 21.7 Å². The normalized spacial score (nSPS) is 24.1. The molecule has 2 rings (SSSR count). The molecule has 1 aromatic heterocycles. The Hall–Kier alpha value is -1.39. The van der Waals surface area contributed by atoms with Gasteiger partial charge in [0.1, 0.15) is 11.6 Å². The van der Waals surface area contributed by atoms with Gasteiger partial charge in [0, 0.05) is 12.5 Å². The molecule has 1 aliphatic rings. The molecular formula is C12H19N3O2. The van der Waals surface area contributed by atoms with Gasteiger partial charge in [0.2, 0.25) is 0 Å². The molecule has 1 N–H and O–H groups in total. The highest BCUT2D eigenvalue weighted by atomic mass is 16.4. The predicted octanol–water partition coefficient (Wildman–Crippen LogP) is 1.96. The van der Waals surface area contributed by atoms with E-state index in [1.165, 1.54) is 0 Å². The zero-order chi connectivity index (χ0) is 12.4. The summed E-state index contributed by atoms with van der Waals surface area (Å²) < 4.78 is 2.08. The smallest absolute Gasteiger partial charge is 0.307 e. The number of hydrogen-bond donors (Lipinski definition) is 1. The van der Waals surface area contributed by atoms with Crippen molar-refractivity contribution in [2.45, 2.75) is 52.0 Å². The van der Waals surface area contributed by atoms with Crippen molar-refractivity contribution in [1.29, 1.82) is 0 Å². The number of aliphatic carboxylic acids is 1. The molecule has 1 saturated carbocycles. The predicted molar refractivity (Wildman–Crippen MR) is 62.8 cm³/mol. The first-order chi connectivity index (χ1) is 8.15. The lowest BCUT2D eigenvalue weighted by Gasteiger charge is -2.16. The van der Waals surface area contributed by atoms with Gasteiger partial charge in [-0.1, -0.05) is 13.3 Å². The molecule has 0 spiro atoms. The van der Waals surface area contributed by atoms with Crippen LogP contribution in [0.1, 0.15) is 50.2 Å². The van der Waals surface area contributed by atoms with Crippen molar-refractivity contribution < 1.29 is 9.90 Å². The van der Waals surface area contributed by atoms with Crippen LogP contribution in [-0.2, 0) is 11.3 Å². The molecule has 17 heavy (non-hydrogen) atoms. The van der Waals surface area contributed by atoms with E-state index in [1.807, 2.05) is 6.92 Å². The van der Waals surface area contributed by atoms with Crippen molar-refractivity contribution in [3.05, 3.63) is 11.6 Å². The zero-order valence-corrected chi connectivity index (χ0v) is 10.4. The average molecular weight is 237 g/mol. The number of hydrogen-bond acceptors (Lipinski definition) is 3. The average Bonchev–Trinajstić information content (AvgIpc) is 2.87. The molecule has 1 aliphatic carbocycles. The highest BCUT2D eigenvalue weighted by molar-refractivity contribution is 5.71. The van der Waals surface area contributed by atoms with Crippen LogP contribution in [-0.4, -0.2) is 25.8 Å². The van der Waals surface area contributed by atoms with Crippen molar-refractivity contribution in [1.82, 2.24) is 14.8 Å². The van der Waals surface area contributed by atoms with Crippen molar-refractivity contribution in [2.75, 3.05) is 0 Å². The van der Waals surface area contributed by atoms with Crippen LogP contribution in [0.2, 0.25) is 0 Å². The largest absolute Gasteiger partial charge is 0.481 e. The van der Waals surface area contributed by atoms with Gasteiger partial charge in [-0.2, -0.15) is 0 Å². The van der Waals surface area contributed by atoms with Gasteiger partial charge in [-0.05, 0) is 26.2 Å². The van der Waals surface area contributed by atoms with Crippen LogP contribution in [0.4, 0.5) is 0 Å². The molecule has 94 valence electrons. The Morgan fingerprint density at radius 3 is 2.88 bits per heavy atom. The lowest BCUT2D eigenvalue weighted by Crippen LogP contribution is -2.20. The Balaban J connectivity index is 2.29. The second kappa shape index (κ2) is 4.85. The fourth-order valence-electron chi connectivity index (χ4n) is 2.74. The van der Waals surface area contributed by atoms with Gasteiger partial charge < -0.3 is 9.67 Å². The van der Waals surface area contributed by atoms with Gasteiger partial charge in [0.05, 0.1) is 5.92 Å². The lowest BCUT2D eigenvalue weighted by molar-refractivity contribution is -0.142. The van der Waals surface area contributed by atoms with Crippen molar-refractivity contribution in [3.63, 3.8) is 0 Å².